The van der Waals surface area contributed by atoms with Crippen molar-refractivity contribution in [2.24, 2.45) is 11.8 Å². The van der Waals surface area contributed by atoms with E-state index in [1.807, 2.05) is 85.8 Å². The first-order valence-electron chi connectivity index (χ1n) is 19.2. The third-order valence-electron chi connectivity index (χ3n) is 11.5. The van der Waals surface area contributed by atoms with Crippen molar-refractivity contribution in [1.29, 1.82) is 0 Å². The number of rotatable bonds is 17. The van der Waals surface area contributed by atoms with Gasteiger partial charge in [0.1, 0.15) is 11.8 Å². The molecule has 3 aromatic rings. The van der Waals surface area contributed by atoms with E-state index >= 15 is 14.4 Å². The van der Waals surface area contributed by atoms with Gasteiger partial charge in [-0.15, -0.1) is 24.9 Å². The van der Waals surface area contributed by atoms with E-state index in [4.69, 9.17) is 4.74 Å². The first kappa shape index (κ1) is 39.2. The molecule has 0 aromatic heterocycles. The number of ether oxygens (including phenoxy) is 1. The molecule has 3 aliphatic heterocycles. The van der Waals surface area contributed by atoms with Gasteiger partial charge >= 0.3 is 0 Å². The molecule has 54 heavy (non-hydrogen) atoms. The highest BCUT2D eigenvalue weighted by molar-refractivity contribution is 8.02. The number of fused-ring (bicyclic) bond motifs is 1. The maximum atomic E-state index is 15.4. The topological polar surface area (TPSA) is 93.6 Å². The number of nitrogens with zero attached hydrogens (tertiary/aromatic N) is 4. The Hall–Kier alpha value is -4.54. The molecule has 3 aromatic carbocycles. The zero-order chi connectivity index (χ0) is 38.6. The van der Waals surface area contributed by atoms with Crippen LogP contribution in [0.3, 0.4) is 0 Å². The van der Waals surface area contributed by atoms with Crippen molar-refractivity contribution in [3.8, 4) is 5.75 Å². The van der Waals surface area contributed by atoms with Crippen molar-refractivity contribution >= 4 is 46.5 Å². The van der Waals surface area contributed by atoms with Crippen molar-refractivity contribution in [2.75, 3.05) is 54.1 Å². The van der Waals surface area contributed by atoms with Gasteiger partial charge in [0.15, 0.2) is 0 Å². The molecule has 3 saturated heterocycles. The second-order valence-electron chi connectivity index (χ2n) is 14.6. The van der Waals surface area contributed by atoms with Crippen LogP contribution in [0.4, 0.5) is 17.1 Å². The molecule has 0 saturated carbocycles. The summed E-state index contributed by atoms with van der Waals surface area (Å²) in [5.74, 6) is -1.41. The van der Waals surface area contributed by atoms with Crippen LogP contribution in [0, 0.1) is 11.8 Å². The minimum Gasteiger partial charge on any atom is -0.494 e. The second-order valence-corrected chi connectivity index (χ2v) is 16.5. The van der Waals surface area contributed by atoms with E-state index in [-0.39, 0.29) is 37.4 Å². The summed E-state index contributed by atoms with van der Waals surface area (Å²) in [5, 5.41) is 11.0. The van der Waals surface area contributed by atoms with Gasteiger partial charge in [0.2, 0.25) is 11.8 Å². The normalized spacial score (nSPS) is 24.5. The van der Waals surface area contributed by atoms with E-state index < -0.39 is 33.4 Å². The van der Waals surface area contributed by atoms with Gasteiger partial charge in [0.05, 0.1) is 35.8 Å². The molecular weight excluding hydrogens is 697 g/mol. The number of anilines is 3. The van der Waals surface area contributed by atoms with E-state index in [0.717, 1.165) is 24.3 Å². The van der Waals surface area contributed by atoms with Crippen molar-refractivity contribution < 1.29 is 24.2 Å². The lowest BCUT2D eigenvalue weighted by atomic mass is 9.66. The predicted octanol–water partition coefficient (Wildman–Crippen LogP) is 6.75. The molecule has 10 heteroatoms. The van der Waals surface area contributed by atoms with Gasteiger partial charge in [-0.2, -0.15) is 0 Å². The molecule has 3 fully saturated rings. The largest absolute Gasteiger partial charge is 0.494 e. The average Bonchev–Trinajstić information content (AvgIpc) is 3.76. The molecular formula is C44H54N4O5S. The summed E-state index contributed by atoms with van der Waals surface area (Å²) in [5.41, 5.74) is 3.40. The fourth-order valence-corrected chi connectivity index (χ4v) is 11.4. The molecule has 3 heterocycles. The number of carbonyl (C=O) groups is 3. The average molecular weight is 751 g/mol. The molecule has 1 spiro atoms. The van der Waals surface area contributed by atoms with E-state index in [1.165, 1.54) is 0 Å². The van der Waals surface area contributed by atoms with Gasteiger partial charge in [0.25, 0.3) is 5.91 Å². The highest BCUT2D eigenvalue weighted by Gasteiger charge is 2.78. The number of hydrogen-bond donors (Lipinski definition) is 1. The molecule has 286 valence electrons. The zero-order valence-corrected chi connectivity index (χ0v) is 32.8. The van der Waals surface area contributed by atoms with Crippen LogP contribution in [0.5, 0.6) is 5.75 Å². The quantitative estimate of drug-likeness (QED) is 0.153. The van der Waals surface area contributed by atoms with Gasteiger partial charge in [-0.1, -0.05) is 42.5 Å². The number of carbonyl (C=O) groups excluding carboxylic acids is 3. The van der Waals surface area contributed by atoms with Crippen molar-refractivity contribution in [3.63, 3.8) is 0 Å². The smallest absolute Gasteiger partial charge is 0.251 e. The molecule has 0 aliphatic carbocycles. The number of likely N-dealkylation sites (tertiary alicyclic amines) is 1. The van der Waals surface area contributed by atoms with Crippen LogP contribution in [0.25, 0.3) is 0 Å². The van der Waals surface area contributed by atoms with Crippen LogP contribution in [0.15, 0.2) is 104 Å². The van der Waals surface area contributed by atoms with Crippen LogP contribution >= 0.6 is 11.8 Å². The van der Waals surface area contributed by atoms with Gasteiger partial charge in [0, 0.05) is 48.0 Å². The Morgan fingerprint density at radius 3 is 2.02 bits per heavy atom. The summed E-state index contributed by atoms with van der Waals surface area (Å²) < 4.78 is 4.19. The Morgan fingerprint density at radius 2 is 1.46 bits per heavy atom. The molecule has 6 atom stereocenters. The fraction of sp³-hybridized carbons (Fsp3) is 0.432. The minimum atomic E-state index is -0.916. The number of benzene rings is 3. The van der Waals surface area contributed by atoms with Crippen LogP contribution in [-0.4, -0.2) is 88.7 Å². The predicted molar refractivity (Wildman–Crippen MR) is 219 cm³/mol. The minimum absolute atomic E-state index is 0.166. The van der Waals surface area contributed by atoms with Gasteiger partial charge in [-0.25, -0.2) is 0 Å². The number of hydrogen-bond acceptors (Lipinski definition) is 7. The zero-order valence-electron chi connectivity index (χ0n) is 32.0. The monoisotopic (exact) mass is 750 g/mol. The molecule has 6 rings (SSSR count). The van der Waals surface area contributed by atoms with E-state index in [0.29, 0.717) is 43.0 Å². The lowest BCUT2D eigenvalue weighted by molar-refractivity contribution is -0.142. The van der Waals surface area contributed by atoms with Crippen LogP contribution in [0.1, 0.15) is 46.1 Å². The first-order valence-corrected chi connectivity index (χ1v) is 20.0. The Labute approximate surface area is 324 Å². The summed E-state index contributed by atoms with van der Waals surface area (Å²) in [6, 6.07) is 23.5. The SMILES string of the molecule is C=CCN(C(=O)C1N([C@@H](CO)Cc2ccccc2)C(=O)[C@@H]2[C@H](C(=O)N(CC=C)c3ccc(OCC)cc3)[C@]3(C)CCC12S3)c1ccc(N(CC)CC)cc1. The van der Waals surface area contributed by atoms with Crippen LogP contribution in [0.2, 0.25) is 0 Å². The van der Waals surface area contributed by atoms with Gasteiger partial charge in [-0.05, 0) is 101 Å². The van der Waals surface area contributed by atoms with Crippen molar-refractivity contribution in [2.45, 2.75) is 68.5 Å². The highest BCUT2D eigenvalue weighted by Crippen LogP contribution is 2.72. The van der Waals surface area contributed by atoms with Crippen LogP contribution < -0.4 is 19.4 Å². The third kappa shape index (κ3) is 6.94. The Kier molecular flexibility index (Phi) is 11.9. The Bertz CT molecular complexity index is 1820. The molecule has 2 unspecified atom stereocenters. The number of aliphatic hydroxyl groups excluding tert-OH is 1. The molecule has 1 N–H and O–H groups in total. The highest BCUT2D eigenvalue weighted by atomic mass is 32.2. The lowest BCUT2D eigenvalue weighted by Crippen LogP contribution is -2.58. The first-order chi connectivity index (χ1) is 26.1. The summed E-state index contributed by atoms with van der Waals surface area (Å²) in [6.45, 7) is 18.6. The van der Waals surface area contributed by atoms with E-state index in [9.17, 15) is 5.11 Å². The lowest BCUT2D eigenvalue weighted by Gasteiger charge is -2.40. The summed E-state index contributed by atoms with van der Waals surface area (Å²) in [4.78, 5) is 53.0. The third-order valence-corrected chi connectivity index (χ3v) is 13.5. The summed E-state index contributed by atoms with van der Waals surface area (Å²) in [7, 11) is 0. The Balaban J connectivity index is 1.44. The number of amides is 3. The number of aliphatic hydroxyl groups is 1. The summed E-state index contributed by atoms with van der Waals surface area (Å²) in [6.07, 6.45) is 5.03. The molecule has 3 amide bonds. The van der Waals surface area contributed by atoms with E-state index in [2.05, 4.69) is 38.8 Å². The maximum Gasteiger partial charge on any atom is 0.251 e. The fourth-order valence-electron chi connectivity index (χ4n) is 9.09. The van der Waals surface area contributed by atoms with Gasteiger partial charge < -0.3 is 29.4 Å². The van der Waals surface area contributed by atoms with Crippen molar-refractivity contribution in [3.05, 3.63) is 110 Å². The molecule has 3 aliphatic rings. The second kappa shape index (κ2) is 16.4. The van der Waals surface area contributed by atoms with Crippen molar-refractivity contribution in [1.82, 2.24) is 4.90 Å². The summed E-state index contributed by atoms with van der Waals surface area (Å²) >= 11 is 1.63. The van der Waals surface area contributed by atoms with Crippen LogP contribution in [-0.2, 0) is 20.8 Å². The Morgan fingerprint density at radius 1 is 0.889 bits per heavy atom. The molecule has 9 nitrogen and oxygen atoms in total. The molecule has 2 bridgehead atoms. The molecule has 0 radical (unpaired) electrons. The standard InChI is InChI=1S/C44H54N4O5S/c1-7-27-46(34-21-23-36(24-22-34)53-11-5)40(50)37-38-41(51)48(35(30-49)29-31-15-13-12-14-16-31)39(44(38)26-25-43(37,6)54-44)42(52)47(28-8-2)33-19-17-32(18-20-33)45(9-3)10-4/h7-8,12-24,35,37-39,49H,1-2,9-11,25-30H2,3-6H3/t35-,37-,38+,39?,43+,44?/m1/s1. The van der Waals surface area contributed by atoms with E-state index in [1.54, 1.807) is 38.6 Å². The maximum absolute atomic E-state index is 15.4. The number of thioether (sulfide) groups is 1. The van der Waals surface area contributed by atoms with Gasteiger partial charge in [-0.3, -0.25) is 14.4 Å².